The van der Waals surface area contributed by atoms with Crippen molar-refractivity contribution < 1.29 is 39.1 Å². The molecule has 1 heterocycles. The van der Waals surface area contributed by atoms with Gasteiger partial charge in [-0.1, -0.05) is 0 Å². The summed E-state index contributed by atoms with van der Waals surface area (Å²) in [4.78, 5) is 22.4. The van der Waals surface area contributed by atoms with E-state index in [2.05, 4.69) is 14.2 Å². The molecular formula is C10H14O8. The lowest BCUT2D eigenvalue weighted by atomic mass is 10.2. The standard InChI is InChI=1S/C10H14O8/c1-4(2)16-10(15)18-8-6(13)7(5(12)3-11)17-9(8)14/h4-5,7,11-13H,3H2,1-2H3/t5-,7+/m0/s1. The quantitative estimate of drug-likeness (QED) is 0.585. The Morgan fingerprint density at radius 1 is 1.50 bits per heavy atom. The van der Waals surface area contributed by atoms with Gasteiger partial charge in [0.2, 0.25) is 0 Å². The first-order chi connectivity index (χ1) is 8.36. The van der Waals surface area contributed by atoms with Gasteiger partial charge in [0.1, 0.15) is 6.10 Å². The highest BCUT2D eigenvalue weighted by Gasteiger charge is 2.41. The molecule has 0 spiro atoms. The van der Waals surface area contributed by atoms with Crippen molar-refractivity contribution in [1.82, 2.24) is 0 Å². The Bertz CT molecular complexity index is 372. The van der Waals surface area contributed by atoms with Crippen LogP contribution in [-0.4, -0.2) is 52.4 Å². The minimum atomic E-state index is -1.50. The Balaban J connectivity index is 2.77. The summed E-state index contributed by atoms with van der Waals surface area (Å²) in [6.07, 6.45) is -4.60. The SMILES string of the molecule is CC(C)OC(=O)OC1=C(O)[C@@H]([C@@H](O)CO)OC1=O. The molecule has 1 rings (SSSR count). The van der Waals surface area contributed by atoms with Crippen LogP contribution in [-0.2, 0) is 19.0 Å². The van der Waals surface area contributed by atoms with Crippen molar-refractivity contribution in [3.8, 4) is 0 Å². The maximum atomic E-state index is 11.3. The highest BCUT2D eigenvalue weighted by molar-refractivity contribution is 5.91. The van der Waals surface area contributed by atoms with E-state index in [9.17, 15) is 19.8 Å². The van der Waals surface area contributed by atoms with Crippen LogP contribution < -0.4 is 0 Å². The molecule has 2 atom stereocenters. The normalized spacial score (nSPS) is 20.9. The van der Waals surface area contributed by atoms with Crippen LogP contribution in [0, 0.1) is 0 Å². The maximum Gasteiger partial charge on any atom is 0.514 e. The number of rotatable bonds is 4. The smallest absolute Gasteiger partial charge is 0.505 e. The molecule has 0 radical (unpaired) electrons. The molecule has 18 heavy (non-hydrogen) atoms. The Morgan fingerprint density at radius 2 is 2.11 bits per heavy atom. The largest absolute Gasteiger partial charge is 0.514 e. The highest BCUT2D eigenvalue weighted by Crippen LogP contribution is 2.24. The summed E-state index contributed by atoms with van der Waals surface area (Å²) < 4.78 is 13.6. The molecule has 0 aromatic rings. The summed E-state index contributed by atoms with van der Waals surface area (Å²) in [5.41, 5.74) is 0. The number of hydrogen-bond donors (Lipinski definition) is 3. The van der Waals surface area contributed by atoms with Crippen LogP contribution in [0.5, 0.6) is 0 Å². The van der Waals surface area contributed by atoms with Crippen LogP contribution in [0.4, 0.5) is 4.79 Å². The monoisotopic (exact) mass is 262 g/mol. The minimum Gasteiger partial charge on any atom is -0.505 e. The third kappa shape index (κ3) is 3.11. The lowest BCUT2D eigenvalue weighted by molar-refractivity contribution is -0.148. The van der Waals surface area contributed by atoms with Crippen molar-refractivity contribution in [2.24, 2.45) is 0 Å². The molecule has 0 aliphatic carbocycles. The number of carbonyl (C=O) groups is 2. The fraction of sp³-hybridized carbons (Fsp3) is 0.600. The van der Waals surface area contributed by atoms with E-state index in [4.69, 9.17) is 5.11 Å². The van der Waals surface area contributed by atoms with E-state index in [0.29, 0.717) is 0 Å². The number of hydrogen-bond acceptors (Lipinski definition) is 8. The van der Waals surface area contributed by atoms with Crippen LogP contribution in [0.3, 0.4) is 0 Å². The number of aliphatic hydroxyl groups is 3. The third-order valence-corrected chi connectivity index (χ3v) is 1.98. The highest BCUT2D eigenvalue weighted by atomic mass is 16.7. The van der Waals surface area contributed by atoms with Gasteiger partial charge in [0.25, 0.3) is 5.76 Å². The third-order valence-electron chi connectivity index (χ3n) is 1.98. The van der Waals surface area contributed by atoms with Gasteiger partial charge in [0.05, 0.1) is 12.7 Å². The molecule has 0 bridgehead atoms. The predicted octanol–water partition coefficient (Wildman–Crippen LogP) is -0.404. The number of carbonyl (C=O) groups excluding carboxylic acids is 2. The summed E-state index contributed by atoms with van der Waals surface area (Å²) in [6, 6.07) is 0. The number of cyclic esters (lactones) is 1. The molecule has 8 heteroatoms. The summed E-state index contributed by atoms with van der Waals surface area (Å²) in [5.74, 6) is -2.63. The van der Waals surface area contributed by atoms with Crippen LogP contribution in [0.2, 0.25) is 0 Å². The van der Waals surface area contributed by atoms with E-state index in [1.807, 2.05) is 0 Å². The first kappa shape index (κ1) is 14.3. The number of ether oxygens (including phenoxy) is 3. The van der Waals surface area contributed by atoms with Gasteiger partial charge in [-0.2, -0.15) is 0 Å². The van der Waals surface area contributed by atoms with Crippen LogP contribution in [0.25, 0.3) is 0 Å². The van der Waals surface area contributed by atoms with Crippen LogP contribution in [0.15, 0.2) is 11.5 Å². The van der Waals surface area contributed by atoms with Crippen LogP contribution >= 0.6 is 0 Å². The molecule has 0 aromatic heterocycles. The average molecular weight is 262 g/mol. The molecule has 0 unspecified atom stereocenters. The second-order valence-corrected chi connectivity index (χ2v) is 3.81. The zero-order valence-electron chi connectivity index (χ0n) is 9.82. The van der Waals surface area contributed by atoms with E-state index in [-0.39, 0.29) is 0 Å². The zero-order valence-corrected chi connectivity index (χ0v) is 9.82. The maximum absolute atomic E-state index is 11.3. The average Bonchev–Trinajstić information content (AvgIpc) is 2.55. The molecule has 0 saturated carbocycles. The van der Waals surface area contributed by atoms with E-state index >= 15 is 0 Å². The topological polar surface area (TPSA) is 123 Å². The predicted molar refractivity (Wildman–Crippen MR) is 55.3 cm³/mol. The lowest BCUT2D eigenvalue weighted by Gasteiger charge is -2.13. The Labute approximate surface area is 102 Å². The van der Waals surface area contributed by atoms with Gasteiger partial charge in [-0.15, -0.1) is 0 Å². The van der Waals surface area contributed by atoms with Gasteiger partial charge in [0.15, 0.2) is 11.9 Å². The van der Waals surface area contributed by atoms with Gasteiger partial charge >= 0.3 is 12.1 Å². The molecule has 3 N–H and O–H groups in total. The summed E-state index contributed by atoms with van der Waals surface area (Å²) in [5, 5.41) is 27.5. The summed E-state index contributed by atoms with van der Waals surface area (Å²) in [6.45, 7) is 2.41. The summed E-state index contributed by atoms with van der Waals surface area (Å²) in [7, 11) is 0. The molecule has 0 amide bonds. The molecule has 1 aliphatic heterocycles. The van der Waals surface area contributed by atoms with E-state index in [0.717, 1.165) is 0 Å². The van der Waals surface area contributed by atoms with Crippen molar-refractivity contribution in [1.29, 1.82) is 0 Å². The Morgan fingerprint density at radius 3 is 2.61 bits per heavy atom. The number of esters is 1. The van der Waals surface area contributed by atoms with Crippen molar-refractivity contribution in [2.75, 3.05) is 6.61 Å². The van der Waals surface area contributed by atoms with E-state index in [1.54, 1.807) is 13.8 Å². The Hall–Kier alpha value is -1.80. The van der Waals surface area contributed by atoms with Gasteiger partial charge in [0, 0.05) is 0 Å². The molecule has 0 aromatic carbocycles. The molecule has 102 valence electrons. The minimum absolute atomic E-state index is 0.462. The van der Waals surface area contributed by atoms with E-state index < -0.39 is 48.6 Å². The van der Waals surface area contributed by atoms with Crippen molar-refractivity contribution >= 4 is 12.1 Å². The first-order valence-corrected chi connectivity index (χ1v) is 5.18. The Kier molecular flexibility index (Phi) is 4.51. The molecule has 8 nitrogen and oxygen atoms in total. The summed E-state index contributed by atoms with van der Waals surface area (Å²) >= 11 is 0. The van der Waals surface area contributed by atoms with Gasteiger partial charge in [-0.05, 0) is 13.8 Å². The molecule has 1 aliphatic rings. The molecule has 0 saturated heterocycles. The first-order valence-electron chi connectivity index (χ1n) is 5.18. The van der Waals surface area contributed by atoms with E-state index in [1.165, 1.54) is 0 Å². The van der Waals surface area contributed by atoms with Gasteiger partial charge in [-0.3, -0.25) is 0 Å². The second kappa shape index (κ2) is 5.69. The molecular weight excluding hydrogens is 248 g/mol. The van der Waals surface area contributed by atoms with Crippen molar-refractivity contribution in [2.45, 2.75) is 32.2 Å². The number of aliphatic hydroxyl groups excluding tert-OH is 3. The van der Waals surface area contributed by atoms with Gasteiger partial charge in [-0.25, -0.2) is 9.59 Å². The van der Waals surface area contributed by atoms with Crippen molar-refractivity contribution in [3.05, 3.63) is 11.5 Å². The fourth-order valence-electron chi connectivity index (χ4n) is 1.21. The second-order valence-electron chi connectivity index (χ2n) is 3.81. The van der Waals surface area contributed by atoms with Crippen molar-refractivity contribution in [3.63, 3.8) is 0 Å². The zero-order chi connectivity index (χ0) is 13.9. The van der Waals surface area contributed by atoms with Crippen LogP contribution in [0.1, 0.15) is 13.8 Å². The molecule has 0 fully saturated rings. The van der Waals surface area contributed by atoms with Gasteiger partial charge < -0.3 is 29.5 Å². The lowest BCUT2D eigenvalue weighted by Crippen LogP contribution is -2.31. The fourth-order valence-corrected chi connectivity index (χ4v) is 1.21.